The minimum absolute atomic E-state index is 0.00764. The van der Waals surface area contributed by atoms with Gasteiger partial charge in [-0.3, -0.25) is 0 Å². The number of nitrogens with one attached hydrogen (secondary N) is 2. The van der Waals surface area contributed by atoms with E-state index in [4.69, 9.17) is 5.26 Å². The number of benzene rings is 1. The Kier molecular flexibility index (Phi) is 7.12. The summed E-state index contributed by atoms with van der Waals surface area (Å²) in [5.41, 5.74) is -0.122. The van der Waals surface area contributed by atoms with Gasteiger partial charge >= 0.3 is 6.03 Å². The lowest BCUT2D eigenvalue weighted by Gasteiger charge is -2.12. The number of hydrogen-bond donors (Lipinski definition) is 2. The van der Waals surface area contributed by atoms with Gasteiger partial charge in [0.15, 0.2) is 11.6 Å². The van der Waals surface area contributed by atoms with E-state index < -0.39 is 17.7 Å². The second kappa shape index (κ2) is 8.03. The fraction of sp³-hybridized carbons (Fsp3) is 0.385. The van der Waals surface area contributed by atoms with Crippen LogP contribution in [0.5, 0.6) is 0 Å². The van der Waals surface area contributed by atoms with Crippen LogP contribution in [0.1, 0.15) is 31.9 Å². The highest BCUT2D eigenvalue weighted by atomic mass is 19.2. The van der Waals surface area contributed by atoms with Crippen molar-refractivity contribution >= 4 is 11.7 Å². The average Bonchev–Trinajstić information content (AvgIpc) is 2.44. The maximum atomic E-state index is 13.5. The molecule has 0 spiro atoms. The molecule has 0 radical (unpaired) electrons. The van der Waals surface area contributed by atoms with E-state index in [1.165, 1.54) is 7.05 Å². The zero-order valence-electron chi connectivity index (χ0n) is 11.4. The third-order valence-electron chi connectivity index (χ3n) is 2.26. The summed E-state index contributed by atoms with van der Waals surface area (Å²) in [6, 6.07) is 1.89. The van der Waals surface area contributed by atoms with Gasteiger partial charge in [0.1, 0.15) is 6.07 Å². The zero-order valence-corrected chi connectivity index (χ0v) is 11.4. The second-order valence-electron chi connectivity index (χ2n) is 3.24. The largest absolute Gasteiger partial charge is 0.341 e. The minimum atomic E-state index is -1.10. The molecule has 104 valence electrons. The number of carbonyl (C=O) groups is 1. The highest BCUT2D eigenvalue weighted by molar-refractivity contribution is 5.91. The van der Waals surface area contributed by atoms with Crippen LogP contribution < -0.4 is 10.6 Å². The summed E-state index contributed by atoms with van der Waals surface area (Å²) in [6.45, 7) is 5.61. The minimum Gasteiger partial charge on any atom is -0.341 e. The molecule has 0 fully saturated rings. The quantitative estimate of drug-likeness (QED) is 0.866. The van der Waals surface area contributed by atoms with Crippen LogP contribution in [0.4, 0.5) is 19.3 Å². The fourth-order valence-corrected chi connectivity index (χ4v) is 1.42. The Morgan fingerprint density at radius 3 is 2.42 bits per heavy atom. The van der Waals surface area contributed by atoms with Crippen molar-refractivity contribution in [1.82, 2.24) is 5.32 Å². The highest BCUT2D eigenvalue weighted by Gasteiger charge is 2.18. The molecule has 2 N–H and O–H groups in total. The van der Waals surface area contributed by atoms with Gasteiger partial charge in [0.05, 0.1) is 11.3 Å². The van der Waals surface area contributed by atoms with Gasteiger partial charge in [0.2, 0.25) is 0 Å². The summed E-state index contributed by atoms with van der Waals surface area (Å²) in [7, 11) is 1.38. The summed E-state index contributed by atoms with van der Waals surface area (Å²) in [6.07, 6.45) is 0.164. The summed E-state index contributed by atoms with van der Waals surface area (Å²) in [4.78, 5) is 11.2. The van der Waals surface area contributed by atoms with E-state index in [1.54, 1.807) is 13.0 Å². The molecule has 4 nitrogen and oxygen atoms in total. The molecule has 0 atom stereocenters. The van der Waals surface area contributed by atoms with Gasteiger partial charge < -0.3 is 10.6 Å². The normalized spacial score (nSPS) is 8.89. The second-order valence-corrected chi connectivity index (χ2v) is 3.24. The number of anilines is 1. The summed E-state index contributed by atoms with van der Waals surface area (Å²) in [5, 5.41) is 13.4. The molecule has 0 bridgehead atoms. The Morgan fingerprint density at radius 2 is 2.00 bits per heavy atom. The fourth-order valence-electron chi connectivity index (χ4n) is 1.42. The molecule has 1 aromatic rings. The van der Waals surface area contributed by atoms with Gasteiger partial charge in [-0.05, 0) is 12.5 Å². The molecule has 19 heavy (non-hydrogen) atoms. The van der Waals surface area contributed by atoms with Crippen LogP contribution in [-0.2, 0) is 6.42 Å². The van der Waals surface area contributed by atoms with Crippen molar-refractivity contribution in [3.05, 3.63) is 28.8 Å². The van der Waals surface area contributed by atoms with Crippen molar-refractivity contribution in [2.45, 2.75) is 27.2 Å². The number of amides is 2. The average molecular weight is 269 g/mol. The van der Waals surface area contributed by atoms with Crippen LogP contribution in [-0.4, -0.2) is 13.1 Å². The SMILES string of the molecule is CC.CCc1c(F)c(F)cc(C#N)c1NC(=O)NC. The summed E-state index contributed by atoms with van der Waals surface area (Å²) >= 11 is 0. The number of carbonyl (C=O) groups excluding carboxylic acids is 1. The van der Waals surface area contributed by atoms with Gasteiger partial charge in [0, 0.05) is 12.6 Å². The standard InChI is InChI=1S/C11H11F2N3O.C2H6/c1-3-7-9(13)8(12)4-6(5-14)10(7)16-11(17)15-2;1-2/h4H,3H2,1-2H3,(H2,15,16,17);1-2H3. The topological polar surface area (TPSA) is 64.9 Å². The third kappa shape index (κ3) is 3.91. The van der Waals surface area contributed by atoms with E-state index in [0.29, 0.717) is 0 Å². The molecule has 1 aromatic carbocycles. The summed E-state index contributed by atoms with van der Waals surface area (Å²) in [5.74, 6) is -2.14. The molecule has 0 aliphatic heterocycles. The number of urea groups is 1. The van der Waals surface area contributed by atoms with E-state index in [-0.39, 0.29) is 23.2 Å². The Morgan fingerprint density at radius 1 is 1.42 bits per heavy atom. The van der Waals surface area contributed by atoms with Gasteiger partial charge in [-0.15, -0.1) is 0 Å². The first-order valence-electron chi connectivity index (χ1n) is 5.94. The first-order valence-corrected chi connectivity index (χ1v) is 5.94. The van der Waals surface area contributed by atoms with E-state index in [1.807, 2.05) is 13.8 Å². The zero-order chi connectivity index (χ0) is 15.0. The molecule has 0 aliphatic rings. The maximum absolute atomic E-state index is 13.5. The van der Waals surface area contributed by atoms with Gasteiger partial charge in [0.25, 0.3) is 0 Å². The Balaban J connectivity index is 0.00000154. The van der Waals surface area contributed by atoms with Crippen molar-refractivity contribution in [2.24, 2.45) is 0 Å². The molecule has 0 aliphatic carbocycles. The van der Waals surface area contributed by atoms with Crippen molar-refractivity contribution in [2.75, 3.05) is 12.4 Å². The molecule has 0 saturated heterocycles. The van der Waals surface area contributed by atoms with Gasteiger partial charge in [-0.25, -0.2) is 13.6 Å². The van der Waals surface area contributed by atoms with Crippen LogP contribution in [0.2, 0.25) is 0 Å². The number of rotatable bonds is 2. The third-order valence-corrected chi connectivity index (χ3v) is 2.26. The van der Waals surface area contributed by atoms with Crippen LogP contribution in [0, 0.1) is 23.0 Å². The molecule has 6 heteroatoms. The highest BCUT2D eigenvalue weighted by Crippen LogP contribution is 2.26. The van der Waals surface area contributed by atoms with Crippen LogP contribution in [0.15, 0.2) is 6.07 Å². The summed E-state index contributed by atoms with van der Waals surface area (Å²) < 4.78 is 26.6. The molecular formula is C13H17F2N3O. The number of nitriles is 1. The van der Waals surface area contributed by atoms with Crippen molar-refractivity contribution in [3.8, 4) is 6.07 Å². The van der Waals surface area contributed by atoms with Crippen molar-refractivity contribution in [3.63, 3.8) is 0 Å². The van der Waals surface area contributed by atoms with E-state index in [2.05, 4.69) is 10.6 Å². The van der Waals surface area contributed by atoms with Gasteiger partial charge in [-0.1, -0.05) is 20.8 Å². The lowest BCUT2D eigenvalue weighted by atomic mass is 10.0. The molecule has 0 saturated carbocycles. The van der Waals surface area contributed by atoms with E-state index in [0.717, 1.165) is 6.07 Å². The van der Waals surface area contributed by atoms with E-state index in [9.17, 15) is 13.6 Å². The number of halogens is 2. The predicted octanol–water partition coefficient (Wildman–Crippen LogP) is 3.18. The Hall–Kier alpha value is -2.16. The molecule has 0 heterocycles. The lowest BCUT2D eigenvalue weighted by molar-refractivity contribution is 0.254. The monoisotopic (exact) mass is 269 g/mol. The molecular weight excluding hydrogens is 252 g/mol. The van der Waals surface area contributed by atoms with Gasteiger partial charge in [-0.2, -0.15) is 5.26 Å². The number of hydrogen-bond acceptors (Lipinski definition) is 2. The van der Waals surface area contributed by atoms with E-state index >= 15 is 0 Å². The smallest absolute Gasteiger partial charge is 0.319 e. The van der Waals surface area contributed by atoms with Crippen LogP contribution >= 0.6 is 0 Å². The molecule has 2 amide bonds. The van der Waals surface area contributed by atoms with Crippen molar-refractivity contribution < 1.29 is 13.6 Å². The number of nitrogens with zero attached hydrogens (tertiary/aromatic N) is 1. The lowest BCUT2D eigenvalue weighted by Crippen LogP contribution is -2.26. The molecule has 0 unspecified atom stereocenters. The maximum Gasteiger partial charge on any atom is 0.319 e. The molecule has 0 aromatic heterocycles. The first-order chi connectivity index (χ1) is 9.04. The van der Waals surface area contributed by atoms with Crippen molar-refractivity contribution in [1.29, 1.82) is 5.26 Å². The van der Waals surface area contributed by atoms with Crippen LogP contribution in [0.3, 0.4) is 0 Å². The first kappa shape index (κ1) is 16.8. The molecule has 1 rings (SSSR count). The Labute approximate surface area is 111 Å². The predicted molar refractivity (Wildman–Crippen MR) is 69.9 cm³/mol. The van der Waals surface area contributed by atoms with Crippen LogP contribution in [0.25, 0.3) is 0 Å². The Bertz CT molecular complexity index is 496.